The zero-order valence-corrected chi connectivity index (χ0v) is 10.9. The van der Waals surface area contributed by atoms with Crippen LogP contribution in [0.25, 0.3) is 0 Å². The lowest BCUT2D eigenvalue weighted by Gasteiger charge is -2.02. The van der Waals surface area contributed by atoms with Gasteiger partial charge in [0.2, 0.25) is 0 Å². The first-order chi connectivity index (χ1) is 8.38. The highest BCUT2D eigenvalue weighted by molar-refractivity contribution is 8.13. The van der Waals surface area contributed by atoms with Gasteiger partial charge in [-0.15, -0.1) is 10.2 Å². The van der Waals surface area contributed by atoms with Gasteiger partial charge in [-0.3, -0.25) is 0 Å². The Morgan fingerprint density at radius 2 is 2.11 bits per heavy atom. The van der Waals surface area contributed by atoms with E-state index in [1.807, 2.05) is 0 Å². The van der Waals surface area contributed by atoms with E-state index in [2.05, 4.69) is 10.2 Å². The average molecular weight is 290 g/mol. The highest BCUT2D eigenvalue weighted by Gasteiger charge is 2.20. The van der Waals surface area contributed by atoms with Crippen molar-refractivity contribution < 1.29 is 12.8 Å². The lowest BCUT2D eigenvalue weighted by Crippen LogP contribution is -2.05. The summed E-state index contributed by atoms with van der Waals surface area (Å²) >= 11 is 0. The molecular formula is C10H9ClFN3O2S. The molecule has 0 amide bonds. The van der Waals surface area contributed by atoms with E-state index in [0.717, 1.165) is 0 Å². The molecule has 0 unspecified atom stereocenters. The standard InChI is InChI=1S/C10H9ClFN3O2S/c1-15-9(13-14-10(15)18(11,16)17)6-7-3-2-4-8(12)5-7/h2-5H,6H2,1H3. The summed E-state index contributed by atoms with van der Waals surface area (Å²) in [6, 6.07) is 5.96. The first kappa shape index (κ1) is 13.0. The Balaban J connectivity index is 2.34. The zero-order chi connectivity index (χ0) is 13.3. The third-order valence-electron chi connectivity index (χ3n) is 2.39. The highest BCUT2D eigenvalue weighted by atomic mass is 35.7. The number of rotatable bonds is 3. The van der Waals surface area contributed by atoms with Crippen molar-refractivity contribution in [1.29, 1.82) is 0 Å². The summed E-state index contributed by atoms with van der Waals surface area (Å²) < 4.78 is 36.6. The van der Waals surface area contributed by atoms with Gasteiger partial charge in [-0.1, -0.05) is 12.1 Å². The van der Waals surface area contributed by atoms with Crippen LogP contribution in [-0.2, 0) is 22.5 Å². The molecule has 0 radical (unpaired) electrons. The fourth-order valence-electron chi connectivity index (χ4n) is 1.54. The lowest BCUT2D eigenvalue weighted by molar-refractivity contribution is 0.590. The van der Waals surface area contributed by atoms with Gasteiger partial charge in [-0.25, -0.2) is 12.8 Å². The molecule has 0 aliphatic heterocycles. The summed E-state index contributed by atoms with van der Waals surface area (Å²) in [5, 5.41) is 6.92. The van der Waals surface area contributed by atoms with Crippen LogP contribution >= 0.6 is 10.7 Å². The van der Waals surface area contributed by atoms with Crippen molar-refractivity contribution in [3.8, 4) is 0 Å². The third-order valence-corrected chi connectivity index (χ3v) is 3.60. The molecule has 2 rings (SSSR count). The molecule has 0 saturated heterocycles. The van der Waals surface area contributed by atoms with Gasteiger partial charge < -0.3 is 4.57 Å². The van der Waals surface area contributed by atoms with E-state index >= 15 is 0 Å². The molecule has 8 heteroatoms. The van der Waals surface area contributed by atoms with Crippen LogP contribution in [0.1, 0.15) is 11.4 Å². The highest BCUT2D eigenvalue weighted by Crippen LogP contribution is 2.15. The van der Waals surface area contributed by atoms with E-state index in [1.54, 1.807) is 12.1 Å². The first-order valence-corrected chi connectivity index (χ1v) is 7.26. The second-order valence-electron chi connectivity index (χ2n) is 3.70. The molecule has 18 heavy (non-hydrogen) atoms. The van der Waals surface area contributed by atoms with E-state index in [-0.39, 0.29) is 17.4 Å². The van der Waals surface area contributed by atoms with Gasteiger partial charge in [-0.05, 0) is 17.7 Å². The maximum atomic E-state index is 13.0. The van der Waals surface area contributed by atoms with Gasteiger partial charge in [0.05, 0.1) is 0 Å². The minimum Gasteiger partial charge on any atom is -0.304 e. The molecule has 1 aromatic heterocycles. The predicted molar refractivity (Wildman–Crippen MR) is 63.2 cm³/mol. The molecule has 1 heterocycles. The number of nitrogens with zero attached hydrogens (tertiary/aromatic N) is 3. The van der Waals surface area contributed by atoms with Crippen LogP contribution in [0, 0.1) is 5.82 Å². The van der Waals surface area contributed by atoms with Crippen LogP contribution in [0.2, 0.25) is 0 Å². The van der Waals surface area contributed by atoms with E-state index in [0.29, 0.717) is 11.4 Å². The summed E-state index contributed by atoms with van der Waals surface area (Å²) in [6.45, 7) is 0. The summed E-state index contributed by atoms with van der Waals surface area (Å²) in [4.78, 5) is 0. The SMILES string of the molecule is Cn1c(Cc2cccc(F)c2)nnc1S(=O)(=O)Cl. The molecule has 96 valence electrons. The predicted octanol–water partition coefficient (Wildman–Crippen LogP) is 1.47. The largest absolute Gasteiger partial charge is 0.304 e. The lowest BCUT2D eigenvalue weighted by atomic mass is 10.1. The van der Waals surface area contributed by atoms with Gasteiger partial charge in [0.25, 0.3) is 14.2 Å². The van der Waals surface area contributed by atoms with Crippen molar-refractivity contribution in [2.75, 3.05) is 0 Å². The Kier molecular flexibility index (Phi) is 3.36. The number of aromatic nitrogens is 3. The van der Waals surface area contributed by atoms with Crippen LogP contribution in [0.3, 0.4) is 0 Å². The van der Waals surface area contributed by atoms with Gasteiger partial charge in [0.1, 0.15) is 11.6 Å². The Morgan fingerprint density at radius 3 is 2.67 bits per heavy atom. The maximum Gasteiger partial charge on any atom is 0.296 e. The minimum atomic E-state index is -3.93. The number of hydrogen-bond donors (Lipinski definition) is 0. The second kappa shape index (κ2) is 4.66. The van der Waals surface area contributed by atoms with E-state index in [9.17, 15) is 12.8 Å². The van der Waals surface area contributed by atoms with Gasteiger partial charge in [0, 0.05) is 24.2 Å². The molecule has 0 saturated carbocycles. The summed E-state index contributed by atoms with van der Waals surface area (Å²) in [7, 11) is 2.76. The van der Waals surface area contributed by atoms with Crippen LogP contribution in [0.15, 0.2) is 29.4 Å². The van der Waals surface area contributed by atoms with Gasteiger partial charge in [-0.2, -0.15) is 0 Å². The smallest absolute Gasteiger partial charge is 0.296 e. The third kappa shape index (κ3) is 2.68. The van der Waals surface area contributed by atoms with Crippen LogP contribution < -0.4 is 0 Å². The number of halogens is 2. The first-order valence-electron chi connectivity index (χ1n) is 4.95. The number of benzene rings is 1. The molecule has 0 aliphatic carbocycles. The van der Waals surface area contributed by atoms with E-state index < -0.39 is 9.05 Å². The van der Waals surface area contributed by atoms with Crippen molar-refractivity contribution in [3.05, 3.63) is 41.5 Å². The second-order valence-corrected chi connectivity index (χ2v) is 6.16. The quantitative estimate of drug-likeness (QED) is 0.803. The Hall–Kier alpha value is -1.47. The fraction of sp³-hybridized carbons (Fsp3) is 0.200. The van der Waals surface area contributed by atoms with Crippen molar-refractivity contribution in [2.24, 2.45) is 7.05 Å². The monoisotopic (exact) mass is 289 g/mol. The summed E-state index contributed by atoms with van der Waals surface area (Å²) in [5.41, 5.74) is 0.670. The topological polar surface area (TPSA) is 64.8 Å². The Labute approximate surface area is 108 Å². The molecule has 2 aromatic rings. The molecular weight excluding hydrogens is 281 g/mol. The molecule has 5 nitrogen and oxygen atoms in total. The van der Waals surface area contributed by atoms with Crippen molar-refractivity contribution in [3.63, 3.8) is 0 Å². The van der Waals surface area contributed by atoms with Crippen molar-refractivity contribution in [1.82, 2.24) is 14.8 Å². The normalized spacial score (nSPS) is 11.7. The van der Waals surface area contributed by atoms with Gasteiger partial charge in [0.15, 0.2) is 0 Å². The van der Waals surface area contributed by atoms with E-state index in [4.69, 9.17) is 10.7 Å². The molecule has 0 aliphatic rings. The minimum absolute atomic E-state index is 0.271. The number of hydrogen-bond acceptors (Lipinski definition) is 4. The van der Waals surface area contributed by atoms with Crippen molar-refractivity contribution in [2.45, 2.75) is 11.6 Å². The van der Waals surface area contributed by atoms with Crippen molar-refractivity contribution >= 4 is 19.7 Å². The van der Waals surface area contributed by atoms with Gasteiger partial charge >= 0.3 is 0 Å². The maximum absolute atomic E-state index is 13.0. The molecule has 0 bridgehead atoms. The molecule has 0 spiro atoms. The fourth-order valence-corrected chi connectivity index (χ4v) is 2.51. The Bertz CT molecular complexity index is 684. The van der Waals surface area contributed by atoms with Crippen LogP contribution in [-0.4, -0.2) is 23.2 Å². The summed E-state index contributed by atoms with van der Waals surface area (Å²) in [5.74, 6) is 0.0275. The molecule has 0 atom stereocenters. The summed E-state index contributed by atoms with van der Waals surface area (Å²) in [6.07, 6.45) is 0.271. The van der Waals surface area contributed by atoms with E-state index in [1.165, 1.54) is 23.7 Å². The Morgan fingerprint density at radius 1 is 1.39 bits per heavy atom. The zero-order valence-electron chi connectivity index (χ0n) is 9.34. The van der Waals surface area contributed by atoms with Crippen LogP contribution in [0.4, 0.5) is 4.39 Å². The average Bonchev–Trinajstić information content (AvgIpc) is 2.60. The molecule has 0 fully saturated rings. The molecule has 1 aromatic carbocycles. The van der Waals surface area contributed by atoms with Crippen LogP contribution in [0.5, 0.6) is 0 Å². The molecule has 0 N–H and O–H groups in total.